The number of carbonyl (C=O) groups is 1. The van der Waals surface area contributed by atoms with Crippen LogP contribution in [0.25, 0.3) is 0 Å². The first-order valence-electron chi connectivity index (χ1n) is 8.98. The van der Waals surface area contributed by atoms with Crippen LogP contribution in [0.3, 0.4) is 0 Å². The van der Waals surface area contributed by atoms with E-state index in [2.05, 4.69) is 25.2 Å². The Kier molecular flexibility index (Phi) is 5.55. The highest BCUT2D eigenvalue weighted by Gasteiger charge is 2.35. The minimum atomic E-state index is -1.09. The molecule has 0 aromatic carbocycles. The van der Waals surface area contributed by atoms with Crippen LogP contribution in [0, 0.1) is 6.92 Å². The Hall–Kier alpha value is -2.74. The number of hydrogen-bond donors (Lipinski definition) is 2. The molecule has 0 atom stereocenters. The lowest BCUT2D eigenvalue weighted by molar-refractivity contribution is -0.142. The van der Waals surface area contributed by atoms with Crippen molar-refractivity contribution in [1.82, 2.24) is 15.0 Å². The molecule has 144 valence electrons. The molecule has 0 saturated carbocycles. The molecule has 27 heavy (non-hydrogen) atoms. The summed E-state index contributed by atoms with van der Waals surface area (Å²) in [5.41, 5.74) is 1.34. The molecule has 0 spiro atoms. The lowest BCUT2D eigenvalue weighted by atomic mass is 9.85. The summed E-state index contributed by atoms with van der Waals surface area (Å²) in [5, 5.41) is 12.8. The number of hydrogen-bond acceptors (Lipinski definition) is 7. The van der Waals surface area contributed by atoms with E-state index in [1.54, 1.807) is 20.0 Å². The average Bonchev–Trinajstić information content (AvgIpc) is 2.67. The molecule has 0 aliphatic carbocycles. The van der Waals surface area contributed by atoms with Crippen molar-refractivity contribution in [3.8, 4) is 0 Å². The molecule has 8 nitrogen and oxygen atoms in total. The van der Waals surface area contributed by atoms with Gasteiger partial charge in [-0.05, 0) is 32.9 Å². The van der Waals surface area contributed by atoms with Gasteiger partial charge in [-0.3, -0.25) is 9.78 Å². The van der Waals surface area contributed by atoms with Crippen molar-refractivity contribution in [2.75, 3.05) is 36.5 Å². The number of carboxylic acid groups (broad SMARTS) is 1. The maximum absolute atomic E-state index is 11.8. The predicted molar refractivity (Wildman–Crippen MR) is 102 cm³/mol. The third-order valence-corrected chi connectivity index (χ3v) is 4.66. The summed E-state index contributed by atoms with van der Waals surface area (Å²) in [6.07, 6.45) is 1.61. The Morgan fingerprint density at radius 3 is 2.70 bits per heavy atom. The molecule has 3 heterocycles. The van der Waals surface area contributed by atoms with Gasteiger partial charge in [0.2, 0.25) is 5.95 Å². The van der Waals surface area contributed by atoms with Gasteiger partial charge in [0.15, 0.2) is 0 Å². The van der Waals surface area contributed by atoms with Gasteiger partial charge in [-0.1, -0.05) is 6.07 Å². The molecule has 1 fully saturated rings. The Bertz CT molecular complexity index is 819. The molecule has 0 radical (unpaired) electrons. The van der Waals surface area contributed by atoms with Crippen LogP contribution in [-0.2, 0) is 21.5 Å². The zero-order valence-corrected chi connectivity index (χ0v) is 15.9. The van der Waals surface area contributed by atoms with Crippen LogP contribution in [0.1, 0.15) is 30.8 Å². The molecule has 2 aromatic heterocycles. The van der Waals surface area contributed by atoms with Gasteiger partial charge in [0.1, 0.15) is 5.82 Å². The van der Waals surface area contributed by atoms with E-state index < -0.39 is 11.4 Å². The minimum absolute atomic E-state index is 0.449. The molecule has 1 aliphatic rings. The molecule has 1 aliphatic heterocycles. The summed E-state index contributed by atoms with van der Waals surface area (Å²) in [6.45, 7) is 8.28. The van der Waals surface area contributed by atoms with E-state index in [9.17, 15) is 9.90 Å². The monoisotopic (exact) mass is 371 g/mol. The van der Waals surface area contributed by atoms with Gasteiger partial charge in [-0.2, -0.15) is 4.98 Å². The van der Waals surface area contributed by atoms with Crippen molar-refractivity contribution in [1.29, 1.82) is 0 Å². The van der Waals surface area contributed by atoms with E-state index in [1.807, 2.05) is 25.1 Å². The second-order valence-corrected chi connectivity index (χ2v) is 7.08. The molecule has 2 N–H and O–H groups in total. The van der Waals surface area contributed by atoms with Gasteiger partial charge < -0.3 is 20.1 Å². The third kappa shape index (κ3) is 4.33. The fourth-order valence-electron chi connectivity index (χ4n) is 2.90. The largest absolute Gasteiger partial charge is 0.481 e. The first-order chi connectivity index (χ1) is 12.9. The van der Waals surface area contributed by atoms with Crippen LogP contribution in [-0.4, -0.2) is 52.3 Å². The number of pyridine rings is 1. The van der Waals surface area contributed by atoms with Gasteiger partial charge in [-0.15, -0.1) is 0 Å². The Morgan fingerprint density at radius 1 is 1.30 bits per heavy atom. The van der Waals surface area contributed by atoms with Crippen LogP contribution < -0.4 is 10.2 Å². The smallest absolute Gasteiger partial charge is 0.313 e. The minimum Gasteiger partial charge on any atom is -0.481 e. The van der Waals surface area contributed by atoms with Gasteiger partial charge in [-0.25, -0.2) is 4.98 Å². The number of carboxylic acids is 1. The zero-order valence-electron chi connectivity index (χ0n) is 15.9. The Morgan fingerprint density at radius 2 is 2.04 bits per heavy atom. The van der Waals surface area contributed by atoms with Crippen molar-refractivity contribution < 1.29 is 14.6 Å². The van der Waals surface area contributed by atoms with E-state index in [0.717, 1.165) is 11.4 Å². The first-order valence-corrected chi connectivity index (χ1v) is 8.98. The summed E-state index contributed by atoms with van der Waals surface area (Å²) in [4.78, 5) is 27.3. The molecule has 1 saturated heterocycles. The molecule has 0 bridgehead atoms. The van der Waals surface area contributed by atoms with Crippen LogP contribution in [0.5, 0.6) is 0 Å². The van der Waals surface area contributed by atoms with Crippen LogP contribution >= 0.6 is 0 Å². The second kappa shape index (κ2) is 7.87. The van der Waals surface area contributed by atoms with E-state index >= 15 is 0 Å². The van der Waals surface area contributed by atoms with Crippen LogP contribution in [0.15, 0.2) is 24.4 Å². The lowest BCUT2D eigenvalue weighted by Gasteiger charge is -2.32. The zero-order chi connectivity index (χ0) is 19.4. The van der Waals surface area contributed by atoms with Gasteiger partial charge in [0.05, 0.1) is 30.9 Å². The van der Waals surface area contributed by atoms with Gasteiger partial charge in [0.25, 0.3) is 0 Å². The summed E-state index contributed by atoms with van der Waals surface area (Å²) in [6, 6.07) is 5.84. The molecule has 0 unspecified atom stereocenters. The van der Waals surface area contributed by atoms with Crippen molar-refractivity contribution >= 4 is 17.7 Å². The Balaban J connectivity index is 1.89. The summed E-state index contributed by atoms with van der Waals surface area (Å²) in [5.74, 6) is 0.176. The van der Waals surface area contributed by atoms with Crippen LogP contribution in [0.4, 0.5) is 11.8 Å². The van der Waals surface area contributed by atoms with Crippen molar-refractivity contribution in [3.63, 3.8) is 0 Å². The van der Waals surface area contributed by atoms with E-state index in [1.165, 1.54) is 0 Å². The molecule has 2 aromatic rings. The Labute approximate surface area is 158 Å². The van der Waals surface area contributed by atoms with Crippen LogP contribution in [0.2, 0.25) is 0 Å². The van der Waals surface area contributed by atoms with Crippen molar-refractivity contribution in [2.24, 2.45) is 0 Å². The van der Waals surface area contributed by atoms with E-state index in [4.69, 9.17) is 4.74 Å². The number of aromatic nitrogens is 3. The third-order valence-electron chi connectivity index (χ3n) is 4.66. The number of aliphatic carboxylic acids is 1. The lowest BCUT2D eigenvalue weighted by Crippen LogP contribution is -2.40. The number of aryl methyl sites for hydroxylation is 1. The highest BCUT2D eigenvalue weighted by Crippen LogP contribution is 2.32. The molecular weight excluding hydrogens is 346 g/mol. The van der Waals surface area contributed by atoms with E-state index in [0.29, 0.717) is 50.2 Å². The highest BCUT2D eigenvalue weighted by molar-refractivity contribution is 5.82. The highest BCUT2D eigenvalue weighted by atomic mass is 16.5. The number of morpholine rings is 1. The quantitative estimate of drug-likeness (QED) is 0.795. The standard InChI is InChI=1S/C19H25N5O3/c1-13-5-4-6-14(22-13)11-20-18-21-12-15(19(2,3)17(25)26)16(23-18)24-7-9-27-10-8-24/h4-6,12H,7-11H2,1-3H3,(H,25,26)(H,20,21,23). The fraction of sp³-hybridized carbons (Fsp3) is 0.474. The maximum Gasteiger partial charge on any atom is 0.313 e. The summed E-state index contributed by atoms with van der Waals surface area (Å²) in [7, 11) is 0. The maximum atomic E-state index is 11.8. The topological polar surface area (TPSA) is 100 Å². The molecule has 8 heteroatoms. The molecule has 3 rings (SSSR count). The average molecular weight is 371 g/mol. The predicted octanol–water partition coefficient (Wildman–Crippen LogP) is 1.99. The summed E-state index contributed by atoms with van der Waals surface area (Å²) < 4.78 is 5.42. The van der Waals surface area contributed by atoms with E-state index in [-0.39, 0.29) is 0 Å². The number of anilines is 2. The first kappa shape index (κ1) is 19.0. The number of nitrogens with zero attached hydrogens (tertiary/aromatic N) is 4. The second-order valence-electron chi connectivity index (χ2n) is 7.08. The molecular formula is C19H25N5O3. The van der Waals surface area contributed by atoms with Gasteiger partial charge >= 0.3 is 5.97 Å². The SMILES string of the molecule is Cc1cccc(CNc2ncc(C(C)(C)C(=O)O)c(N3CCOCC3)n2)n1. The number of rotatable bonds is 6. The number of ether oxygens (including phenoxy) is 1. The van der Waals surface area contributed by atoms with Crippen molar-refractivity contribution in [2.45, 2.75) is 32.7 Å². The fourth-order valence-corrected chi connectivity index (χ4v) is 2.90. The number of nitrogens with one attached hydrogen (secondary N) is 1. The van der Waals surface area contributed by atoms with Crippen molar-refractivity contribution in [3.05, 3.63) is 41.3 Å². The molecule has 0 amide bonds. The normalized spacial score (nSPS) is 14.9. The summed E-state index contributed by atoms with van der Waals surface area (Å²) >= 11 is 0. The van der Waals surface area contributed by atoms with Gasteiger partial charge in [0, 0.05) is 30.5 Å².